The Bertz CT molecular complexity index is 805. The van der Waals surface area contributed by atoms with E-state index in [9.17, 15) is 0 Å². The molecule has 2 heterocycles. The van der Waals surface area contributed by atoms with Gasteiger partial charge in [-0.2, -0.15) is 0 Å². The van der Waals surface area contributed by atoms with Gasteiger partial charge in [-0.25, -0.2) is 9.98 Å². The average Bonchev–Trinajstić information content (AvgIpc) is 3.08. The number of nitrogens with zero attached hydrogens (tertiary/aromatic N) is 3. The molecule has 0 saturated carbocycles. The average molecular weight is 515 g/mol. The van der Waals surface area contributed by atoms with Crippen molar-refractivity contribution in [3.8, 4) is 5.75 Å². The molecule has 6 nitrogen and oxygen atoms in total. The van der Waals surface area contributed by atoms with Gasteiger partial charge in [-0.1, -0.05) is 18.2 Å². The second kappa shape index (κ2) is 9.78. The van der Waals surface area contributed by atoms with Gasteiger partial charge in [-0.05, 0) is 26.8 Å². The zero-order valence-corrected chi connectivity index (χ0v) is 20.3. The molecule has 0 bridgehead atoms. The second-order valence-electron chi connectivity index (χ2n) is 7.51. The summed E-state index contributed by atoms with van der Waals surface area (Å²) in [7, 11) is 4.00. The fraction of sp³-hybridized carbons (Fsp3) is 0.500. The Labute approximate surface area is 188 Å². The summed E-state index contributed by atoms with van der Waals surface area (Å²) in [6, 6.07) is 8.37. The summed E-state index contributed by atoms with van der Waals surface area (Å²) in [4.78, 5) is 11.4. The molecular weight excluding hydrogens is 485 g/mol. The number of hydrogen-bond acceptors (Lipinski definition) is 5. The minimum absolute atomic E-state index is 0. The van der Waals surface area contributed by atoms with Crippen LogP contribution in [0.3, 0.4) is 0 Å². The minimum Gasteiger partial charge on any atom is -0.487 e. The van der Waals surface area contributed by atoms with Gasteiger partial charge in [0.1, 0.15) is 11.4 Å². The van der Waals surface area contributed by atoms with E-state index < -0.39 is 0 Å². The summed E-state index contributed by atoms with van der Waals surface area (Å²) in [5.74, 6) is 1.74. The zero-order valence-electron chi connectivity index (χ0n) is 17.2. The molecule has 154 valence electrons. The van der Waals surface area contributed by atoms with Crippen LogP contribution in [0.5, 0.6) is 5.75 Å². The van der Waals surface area contributed by atoms with E-state index in [1.807, 2.05) is 31.1 Å². The van der Waals surface area contributed by atoms with Crippen molar-refractivity contribution in [3.05, 3.63) is 40.9 Å². The number of thiazole rings is 1. The van der Waals surface area contributed by atoms with Crippen molar-refractivity contribution in [1.29, 1.82) is 0 Å². The van der Waals surface area contributed by atoms with Gasteiger partial charge >= 0.3 is 0 Å². The Hall–Kier alpha value is -1.55. The number of benzene rings is 1. The minimum atomic E-state index is -0.223. The first-order valence-corrected chi connectivity index (χ1v) is 10.2. The highest BCUT2D eigenvalue weighted by Gasteiger charge is 2.33. The van der Waals surface area contributed by atoms with E-state index in [4.69, 9.17) is 9.73 Å². The van der Waals surface area contributed by atoms with E-state index in [2.05, 4.69) is 53.9 Å². The maximum atomic E-state index is 6.13. The molecule has 0 spiro atoms. The normalized spacial score (nSPS) is 17.8. The lowest BCUT2D eigenvalue weighted by atomic mass is 9.90. The number of rotatable bonds is 5. The Morgan fingerprint density at radius 1 is 1.36 bits per heavy atom. The standard InChI is InChI=1S/C20H29N5OS.HI/c1-6-21-18(22-12-14-13-27-19(23-14)25(4)5)24-16-11-20(2,3)26-17-10-8-7-9-15(16)17;/h7-10,13,16H,6,11-12H2,1-5H3,(H2,21,22,24);1H. The van der Waals surface area contributed by atoms with Gasteiger partial charge in [0.2, 0.25) is 0 Å². The molecule has 8 heteroatoms. The molecule has 3 rings (SSSR count). The predicted octanol–water partition coefficient (Wildman–Crippen LogP) is 4.18. The van der Waals surface area contributed by atoms with Gasteiger partial charge in [-0.3, -0.25) is 0 Å². The summed E-state index contributed by atoms with van der Waals surface area (Å²) < 4.78 is 6.13. The first-order valence-electron chi connectivity index (χ1n) is 9.32. The first-order chi connectivity index (χ1) is 12.9. The van der Waals surface area contributed by atoms with E-state index in [0.29, 0.717) is 6.54 Å². The molecule has 0 radical (unpaired) electrons. The van der Waals surface area contributed by atoms with E-state index in [1.165, 1.54) is 5.56 Å². The number of halogens is 1. The summed E-state index contributed by atoms with van der Waals surface area (Å²) >= 11 is 1.64. The second-order valence-corrected chi connectivity index (χ2v) is 8.35. The molecule has 0 amide bonds. The van der Waals surface area contributed by atoms with Gasteiger partial charge < -0.3 is 20.3 Å². The van der Waals surface area contributed by atoms with E-state index in [1.54, 1.807) is 11.3 Å². The van der Waals surface area contributed by atoms with Gasteiger partial charge in [0.25, 0.3) is 0 Å². The topological polar surface area (TPSA) is 61.8 Å². The molecular formula is C20H30IN5OS. The van der Waals surface area contributed by atoms with Crippen molar-refractivity contribution < 1.29 is 4.74 Å². The van der Waals surface area contributed by atoms with Crippen LogP contribution in [0, 0.1) is 0 Å². The number of fused-ring (bicyclic) bond motifs is 1. The molecule has 1 unspecified atom stereocenters. The molecule has 1 aromatic carbocycles. The quantitative estimate of drug-likeness (QED) is 0.356. The molecule has 2 aromatic rings. The smallest absolute Gasteiger partial charge is 0.192 e. The lowest BCUT2D eigenvalue weighted by molar-refractivity contribution is 0.0694. The molecule has 1 aliphatic heterocycles. The van der Waals surface area contributed by atoms with Crippen molar-refractivity contribution in [2.75, 3.05) is 25.5 Å². The first kappa shape index (κ1) is 22.7. The lowest BCUT2D eigenvalue weighted by Gasteiger charge is -2.38. The van der Waals surface area contributed by atoms with E-state index in [0.717, 1.165) is 35.5 Å². The zero-order chi connectivity index (χ0) is 19.4. The third kappa shape index (κ3) is 5.73. The number of anilines is 1. The Balaban J connectivity index is 0.00000280. The highest BCUT2D eigenvalue weighted by Crippen LogP contribution is 2.39. The largest absolute Gasteiger partial charge is 0.487 e. The van der Waals surface area contributed by atoms with Gasteiger partial charge in [-0.15, -0.1) is 35.3 Å². The Morgan fingerprint density at radius 2 is 2.11 bits per heavy atom. The van der Waals surface area contributed by atoms with Crippen LogP contribution in [0.2, 0.25) is 0 Å². The van der Waals surface area contributed by atoms with Crippen molar-refractivity contribution in [2.24, 2.45) is 4.99 Å². The fourth-order valence-corrected chi connectivity index (χ4v) is 3.90. The van der Waals surface area contributed by atoms with Crippen molar-refractivity contribution in [2.45, 2.75) is 45.4 Å². The van der Waals surface area contributed by atoms with Gasteiger partial charge in [0.05, 0.1) is 18.3 Å². The molecule has 1 aliphatic rings. The highest BCUT2D eigenvalue weighted by molar-refractivity contribution is 14.0. The fourth-order valence-electron chi connectivity index (χ4n) is 3.15. The SMILES string of the molecule is CCNC(=NCc1csc(N(C)C)n1)NC1CC(C)(C)Oc2ccccc21.I. The summed E-state index contributed by atoms with van der Waals surface area (Å²) in [6.07, 6.45) is 0.871. The van der Waals surface area contributed by atoms with Gasteiger partial charge in [0, 0.05) is 38.0 Å². The highest BCUT2D eigenvalue weighted by atomic mass is 127. The number of para-hydroxylation sites is 1. The summed E-state index contributed by atoms with van der Waals surface area (Å²) in [5, 5.41) is 10.0. The number of aliphatic imine (C=N–C) groups is 1. The molecule has 0 fully saturated rings. The van der Waals surface area contributed by atoms with Crippen LogP contribution in [0.4, 0.5) is 5.13 Å². The molecule has 0 saturated heterocycles. The predicted molar refractivity (Wildman–Crippen MR) is 128 cm³/mol. The molecule has 0 aliphatic carbocycles. The Kier molecular flexibility index (Phi) is 7.94. The number of guanidine groups is 1. The van der Waals surface area contributed by atoms with Crippen LogP contribution in [-0.4, -0.2) is 37.2 Å². The van der Waals surface area contributed by atoms with Crippen molar-refractivity contribution >= 4 is 46.4 Å². The third-order valence-electron chi connectivity index (χ3n) is 4.35. The monoisotopic (exact) mass is 515 g/mol. The van der Waals surface area contributed by atoms with Crippen molar-refractivity contribution in [1.82, 2.24) is 15.6 Å². The number of nitrogens with one attached hydrogen (secondary N) is 2. The molecule has 2 N–H and O–H groups in total. The van der Waals surface area contributed by atoms with Gasteiger partial charge in [0.15, 0.2) is 11.1 Å². The Morgan fingerprint density at radius 3 is 2.79 bits per heavy atom. The number of aromatic nitrogens is 1. The van der Waals surface area contributed by atoms with E-state index in [-0.39, 0.29) is 35.6 Å². The van der Waals surface area contributed by atoms with Crippen LogP contribution in [0.15, 0.2) is 34.6 Å². The number of hydrogen-bond donors (Lipinski definition) is 2. The lowest BCUT2D eigenvalue weighted by Crippen LogP contribution is -2.45. The number of ether oxygens (including phenoxy) is 1. The molecule has 1 aromatic heterocycles. The van der Waals surface area contributed by atoms with Crippen LogP contribution in [-0.2, 0) is 6.54 Å². The van der Waals surface area contributed by atoms with Crippen LogP contribution in [0.1, 0.15) is 44.5 Å². The third-order valence-corrected chi connectivity index (χ3v) is 5.41. The maximum absolute atomic E-state index is 6.13. The van der Waals surface area contributed by atoms with Crippen LogP contribution in [0.25, 0.3) is 0 Å². The molecule has 28 heavy (non-hydrogen) atoms. The maximum Gasteiger partial charge on any atom is 0.192 e. The van der Waals surface area contributed by atoms with Crippen molar-refractivity contribution in [3.63, 3.8) is 0 Å². The van der Waals surface area contributed by atoms with Crippen LogP contribution >= 0.6 is 35.3 Å². The summed E-state index contributed by atoms with van der Waals surface area (Å²) in [6.45, 7) is 7.68. The van der Waals surface area contributed by atoms with E-state index >= 15 is 0 Å². The molecule has 1 atom stereocenters. The van der Waals surface area contributed by atoms with Crippen LogP contribution < -0.4 is 20.3 Å². The summed E-state index contributed by atoms with van der Waals surface area (Å²) in [5.41, 5.74) is 1.93.